The van der Waals surface area contributed by atoms with E-state index in [0.717, 1.165) is 11.3 Å². The van der Waals surface area contributed by atoms with Gasteiger partial charge in [-0.2, -0.15) is 0 Å². The Kier molecular flexibility index (Phi) is 1.55. The van der Waals surface area contributed by atoms with Crippen molar-refractivity contribution < 1.29 is 4.79 Å². The summed E-state index contributed by atoms with van der Waals surface area (Å²) in [5, 5.41) is 0. The molecule has 0 saturated heterocycles. The minimum atomic E-state index is 0.184. The van der Waals surface area contributed by atoms with Crippen LogP contribution in [0.15, 0.2) is 29.0 Å². The monoisotopic (exact) mass is 163 g/mol. The molecule has 2 nitrogen and oxygen atoms in total. The van der Waals surface area contributed by atoms with Crippen molar-refractivity contribution in [2.75, 3.05) is 0 Å². The van der Waals surface area contributed by atoms with Crippen molar-refractivity contribution in [3.63, 3.8) is 0 Å². The Balaban J connectivity index is 2.54. The molecule has 0 saturated carbocycles. The van der Waals surface area contributed by atoms with Crippen molar-refractivity contribution in [1.29, 1.82) is 0 Å². The Morgan fingerprint density at radius 3 is 3.09 bits per heavy atom. The van der Waals surface area contributed by atoms with Gasteiger partial charge in [0, 0.05) is 6.42 Å². The highest BCUT2D eigenvalue weighted by Gasteiger charge is 2.10. The second kappa shape index (κ2) is 2.55. The predicted octanol–water partition coefficient (Wildman–Crippen LogP) is 2.53. The van der Waals surface area contributed by atoms with Crippen LogP contribution >= 0.6 is 8.37 Å². The van der Waals surface area contributed by atoms with Gasteiger partial charge in [-0.1, -0.05) is 18.2 Å². The van der Waals surface area contributed by atoms with Crippen LogP contribution in [0.4, 0.5) is 5.69 Å². The minimum Gasteiger partial charge on any atom is -0.287 e. The number of fused-ring (bicyclic) bond motifs is 1. The Hall–Kier alpha value is -1.01. The lowest BCUT2D eigenvalue weighted by atomic mass is 10.1. The summed E-state index contributed by atoms with van der Waals surface area (Å²) < 4.78 is 4.10. The van der Waals surface area contributed by atoms with E-state index < -0.39 is 0 Å². The average Bonchev–Trinajstić information content (AvgIpc) is 2.04. The summed E-state index contributed by atoms with van der Waals surface area (Å²) in [6.45, 7) is 0. The summed E-state index contributed by atoms with van der Waals surface area (Å²) in [5.41, 5.74) is 2.20. The van der Waals surface area contributed by atoms with Crippen LogP contribution in [-0.2, 0) is 11.2 Å². The number of carbonyl (C=O) groups excluding carboxylic acids is 1. The smallest absolute Gasteiger partial charge is 0.205 e. The van der Waals surface area contributed by atoms with Gasteiger partial charge in [-0.05, 0) is 11.6 Å². The molecule has 1 aliphatic heterocycles. The van der Waals surface area contributed by atoms with E-state index in [1.54, 1.807) is 0 Å². The zero-order valence-electron chi connectivity index (χ0n) is 5.82. The summed E-state index contributed by atoms with van der Waals surface area (Å²) in [7, 11) is 0.588. The highest BCUT2D eigenvalue weighted by atomic mass is 31.1. The first-order chi connectivity index (χ1) is 5.36. The molecule has 0 aromatic heterocycles. The van der Waals surface area contributed by atoms with Gasteiger partial charge in [0.25, 0.3) is 0 Å². The molecule has 54 valence electrons. The van der Waals surface area contributed by atoms with Gasteiger partial charge in [0.2, 0.25) is 5.52 Å². The third-order valence-corrected chi connectivity index (χ3v) is 2.30. The lowest BCUT2D eigenvalue weighted by Gasteiger charge is -2.05. The standard InChI is InChI=1S/C8H6NOP/c10-8-5-6-3-1-2-4-7(6)9-11-8/h1-4H,5H2. The molecule has 0 radical (unpaired) electrons. The van der Waals surface area contributed by atoms with E-state index in [-0.39, 0.29) is 5.52 Å². The van der Waals surface area contributed by atoms with Crippen LogP contribution in [0.3, 0.4) is 0 Å². The van der Waals surface area contributed by atoms with Gasteiger partial charge in [-0.15, -0.1) is 0 Å². The quantitative estimate of drug-likeness (QED) is 0.540. The third-order valence-electron chi connectivity index (χ3n) is 1.60. The van der Waals surface area contributed by atoms with E-state index in [1.165, 1.54) is 0 Å². The van der Waals surface area contributed by atoms with Crippen molar-refractivity contribution in [3.05, 3.63) is 29.8 Å². The molecule has 0 spiro atoms. The van der Waals surface area contributed by atoms with Gasteiger partial charge in [-0.3, -0.25) is 4.79 Å². The number of hydrogen-bond donors (Lipinski definition) is 0. The topological polar surface area (TPSA) is 29.4 Å². The second-order valence-electron chi connectivity index (χ2n) is 2.40. The van der Waals surface area contributed by atoms with Crippen molar-refractivity contribution in [2.45, 2.75) is 6.42 Å². The van der Waals surface area contributed by atoms with E-state index in [0.29, 0.717) is 14.8 Å². The second-order valence-corrected chi connectivity index (χ2v) is 3.30. The summed E-state index contributed by atoms with van der Waals surface area (Å²) in [4.78, 5) is 10.9. The first kappa shape index (κ1) is 6.68. The van der Waals surface area contributed by atoms with Crippen molar-refractivity contribution in [1.82, 2.24) is 0 Å². The molecule has 1 aliphatic rings. The SMILES string of the molecule is O=C1Cc2ccccc2N=P1. The molecule has 11 heavy (non-hydrogen) atoms. The van der Waals surface area contributed by atoms with Crippen LogP contribution in [0.25, 0.3) is 0 Å². The van der Waals surface area contributed by atoms with Crippen LogP contribution in [0.1, 0.15) is 5.56 Å². The average molecular weight is 163 g/mol. The summed E-state index contributed by atoms with van der Waals surface area (Å²) in [6.07, 6.45) is 0.543. The maximum Gasteiger partial charge on any atom is 0.205 e. The van der Waals surface area contributed by atoms with E-state index >= 15 is 0 Å². The Morgan fingerprint density at radius 2 is 2.18 bits per heavy atom. The van der Waals surface area contributed by atoms with Gasteiger partial charge in [0.05, 0.1) is 14.1 Å². The first-order valence-electron chi connectivity index (χ1n) is 3.39. The fourth-order valence-corrected chi connectivity index (χ4v) is 1.72. The van der Waals surface area contributed by atoms with Gasteiger partial charge in [0.15, 0.2) is 0 Å². The lowest BCUT2D eigenvalue weighted by Crippen LogP contribution is -1.96. The third kappa shape index (κ3) is 1.22. The molecule has 0 aliphatic carbocycles. The Labute approximate surface area is 66.1 Å². The zero-order chi connectivity index (χ0) is 7.68. The number of carbonyl (C=O) groups is 1. The van der Waals surface area contributed by atoms with Crippen molar-refractivity contribution in [2.24, 2.45) is 4.74 Å². The molecule has 0 atom stereocenters. The molecule has 0 N–H and O–H groups in total. The van der Waals surface area contributed by atoms with Crippen LogP contribution in [0.2, 0.25) is 0 Å². The Bertz CT molecular complexity index is 333. The highest BCUT2D eigenvalue weighted by molar-refractivity contribution is 7.48. The summed E-state index contributed by atoms with van der Waals surface area (Å²) in [5.74, 6) is 0. The molecule has 0 unspecified atom stereocenters. The molecule has 1 aromatic carbocycles. The summed E-state index contributed by atoms with van der Waals surface area (Å²) in [6, 6.07) is 7.76. The zero-order valence-corrected chi connectivity index (χ0v) is 6.71. The molecule has 1 heterocycles. The van der Waals surface area contributed by atoms with Crippen LogP contribution < -0.4 is 0 Å². The summed E-state index contributed by atoms with van der Waals surface area (Å²) >= 11 is 0. The first-order valence-corrected chi connectivity index (χ1v) is 4.23. The lowest BCUT2D eigenvalue weighted by molar-refractivity contribution is -0.110. The largest absolute Gasteiger partial charge is 0.287 e. The van der Waals surface area contributed by atoms with Crippen LogP contribution in [-0.4, -0.2) is 5.52 Å². The molecular formula is C8H6NOP. The normalized spacial score (nSPS) is 16.2. The van der Waals surface area contributed by atoms with Gasteiger partial charge in [0.1, 0.15) is 0 Å². The van der Waals surface area contributed by atoms with Gasteiger partial charge >= 0.3 is 0 Å². The highest BCUT2D eigenvalue weighted by Crippen LogP contribution is 2.29. The molecular weight excluding hydrogens is 157 g/mol. The number of nitrogens with zero attached hydrogens (tertiary/aromatic N) is 1. The maximum absolute atomic E-state index is 10.9. The molecule has 0 bridgehead atoms. The number of rotatable bonds is 0. The number of benzene rings is 1. The van der Waals surface area contributed by atoms with Crippen molar-refractivity contribution >= 4 is 19.6 Å². The maximum atomic E-state index is 10.9. The molecule has 3 heteroatoms. The fraction of sp³-hybridized carbons (Fsp3) is 0.125. The van der Waals surface area contributed by atoms with Crippen molar-refractivity contribution in [3.8, 4) is 0 Å². The minimum absolute atomic E-state index is 0.184. The van der Waals surface area contributed by atoms with Crippen LogP contribution in [0, 0.1) is 0 Å². The van der Waals surface area contributed by atoms with E-state index in [2.05, 4.69) is 4.74 Å². The van der Waals surface area contributed by atoms with E-state index in [9.17, 15) is 4.79 Å². The van der Waals surface area contributed by atoms with E-state index in [1.807, 2.05) is 24.3 Å². The fourth-order valence-electron chi connectivity index (χ4n) is 1.07. The molecule has 0 fully saturated rings. The molecule has 1 aromatic rings. The van der Waals surface area contributed by atoms with Crippen LogP contribution in [0.5, 0.6) is 0 Å². The predicted molar refractivity (Wildman–Crippen MR) is 44.2 cm³/mol. The van der Waals surface area contributed by atoms with E-state index in [4.69, 9.17) is 0 Å². The van der Waals surface area contributed by atoms with Gasteiger partial charge < -0.3 is 0 Å². The van der Waals surface area contributed by atoms with Gasteiger partial charge in [-0.25, -0.2) is 4.74 Å². The molecule has 0 amide bonds. The number of hydrogen-bond acceptors (Lipinski definition) is 2. The molecule has 2 rings (SSSR count). The Morgan fingerprint density at radius 1 is 1.36 bits per heavy atom.